The second-order valence-corrected chi connectivity index (χ2v) is 8.91. The van der Waals surface area contributed by atoms with E-state index in [1.807, 2.05) is 20.8 Å². The number of allylic oxidation sites excluding steroid dienone is 3. The van der Waals surface area contributed by atoms with Crippen LogP contribution in [0.1, 0.15) is 59.3 Å². The van der Waals surface area contributed by atoms with Crippen molar-refractivity contribution in [1.29, 1.82) is 0 Å². The fraction of sp³-hybridized carbons (Fsp3) is 0.636. The zero-order valence-electron chi connectivity index (χ0n) is 16.6. The van der Waals surface area contributed by atoms with E-state index in [0.717, 1.165) is 17.6 Å². The molecular weight excluding hydrogens is 344 g/mol. The van der Waals surface area contributed by atoms with Gasteiger partial charge in [0.05, 0.1) is 13.0 Å². The average molecular weight is 372 g/mol. The highest BCUT2D eigenvalue weighted by Gasteiger charge is 2.60. The van der Waals surface area contributed by atoms with E-state index in [9.17, 15) is 19.2 Å². The van der Waals surface area contributed by atoms with Gasteiger partial charge in [0.15, 0.2) is 5.78 Å². The van der Waals surface area contributed by atoms with Gasteiger partial charge in [-0.15, -0.1) is 0 Å². The molecule has 0 saturated heterocycles. The van der Waals surface area contributed by atoms with E-state index in [1.165, 1.54) is 7.11 Å². The predicted octanol–water partition coefficient (Wildman–Crippen LogP) is 3.37. The third-order valence-electron chi connectivity index (χ3n) is 6.35. The standard InChI is InChI=1S/C22H28O5/c1-5-6-15-14-7-8-16(20(26)27-4)22(10-13(14)9-17(15)23)18(24)11-21(2,3)12-19(22)25/h7-8,13,16H,5-6,9-12H2,1-4H3. The molecule has 146 valence electrons. The van der Waals surface area contributed by atoms with Crippen molar-refractivity contribution in [2.24, 2.45) is 22.7 Å². The first-order valence-corrected chi connectivity index (χ1v) is 9.75. The van der Waals surface area contributed by atoms with Crippen LogP contribution in [0.4, 0.5) is 0 Å². The zero-order chi connectivity index (χ0) is 20.0. The molecule has 3 rings (SSSR count). The largest absolute Gasteiger partial charge is 0.469 e. The lowest BCUT2D eigenvalue weighted by Gasteiger charge is -2.43. The highest BCUT2D eigenvalue weighted by molar-refractivity contribution is 6.13. The number of ketones is 3. The Morgan fingerprint density at radius 1 is 1.19 bits per heavy atom. The Labute approximate surface area is 160 Å². The number of ether oxygens (including phenoxy) is 1. The van der Waals surface area contributed by atoms with Crippen molar-refractivity contribution in [2.45, 2.75) is 59.3 Å². The lowest BCUT2D eigenvalue weighted by molar-refractivity contribution is -0.163. The minimum absolute atomic E-state index is 0.101. The predicted molar refractivity (Wildman–Crippen MR) is 99.8 cm³/mol. The second kappa shape index (κ2) is 6.84. The van der Waals surface area contributed by atoms with Crippen LogP contribution >= 0.6 is 0 Å². The quantitative estimate of drug-likeness (QED) is 0.561. The molecule has 0 aromatic rings. The molecule has 1 fully saturated rings. The monoisotopic (exact) mass is 372 g/mol. The number of Topliss-reactive ketones (excluding diaryl/α,β-unsaturated/α-hetero) is 3. The first-order chi connectivity index (χ1) is 12.7. The zero-order valence-corrected chi connectivity index (χ0v) is 16.6. The van der Waals surface area contributed by atoms with Gasteiger partial charge in [-0.25, -0.2) is 0 Å². The summed E-state index contributed by atoms with van der Waals surface area (Å²) in [5.41, 5.74) is -0.130. The summed E-state index contributed by atoms with van der Waals surface area (Å²) < 4.78 is 4.96. The molecule has 0 N–H and O–H groups in total. The lowest BCUT2D eigenvalue weighted by atomic mass is 9.56. The molecule has 5 nitrogen and oxygen atoms in total. The van der Waals surface area contributed by atoms with Gasteiger partial charge >= 0.3 is 5.97 Å². The van der Waals surface area contributed by atoms with Gasteiger partial charge in [0, 0.05) is 19.3 Å². The molecule has 0 radical (unpaired) electrons. The number of rotatable bonds is 3. The van der Waals surface area contributed by atoms with Crippen LogP contribution in [-0.2, 0) is 23.9 Å². The van der Waals surface area contributed by atoms with Crippen LogP contribution in [0.2, 0.25) is 0 Å². The van der Waals surface area contributed by atoms with Crippen LogP contribution < -0.4 is 0 Å². The molecule has 3 aliphatic carbocycles. The van der Waals surface area contributed by atoms with Crippen LogP contribution in [0.25, 0.3) is 0 Å². The van der Waals surface area contributed by atoms with Gasteiger partial charge in [0.1, 0.15) is 17.0 Å². The summed E-state index contributed by atoms with van der Waals surface area (Å²) in [6.45, 7) is 5.82. The van der Waals surface area contributed by atoms with Gasteiger partial charge in [0.25, 0.3) is 0 Å². The Kier molecular flexibility index (Phi) is 5.00. The first kappa shape index (κ1) is 19.7. The van der Waals surface area contributed by atoms with Gasteiger partial charge in [0.2, 0.25) is 0 Å². The molecule has 0 heterocycles. The van der Waals surface area contributed by atoms with Crippen LogP contribution in [0.3, 0.4) is 0 Å². The molecule has 0 aromatic heterocycles. The molecule has 1 spiro atoms. The van der Waals surface area contributed by atoms with Gasteiger partial charge in [-0.2, -0.15) is 0 Å². The second-order valence-electron chi connectivity index (χ2n) is 8.91. The third kappa shape index (κ3) is 3.11. The van der Waals surface area contributed by atoms with E-state index in [4.69, 9.17) is 4.74 Å². The molecule has 0 aliphatic heterocycles. The van der Waals surface area contributed by atoms with Crippen molar-refractivity contribution in [1.82, 2.24) is 0 Å². The fourth-order valence-electron chi connectivity index (χ4n) is 5.08. The minimum Gasteiger partial charge on any atom is -0.469 e. The van der Waals surface area contributed by atoms with Crippen LogP contribution in [0.15, 0.2) is 23.3 Å². The normalized spacial score (nSPS) is 29.1. The molecule has 1 saturated carbocycles. The topological polar surface area (TPSA) is 77.5 Å². The van der Waals surface area contributed by atoms with Crippen LogP contribution in [0.5, 0.6) is 0 Å². The van der Waals surface area contributed by atoms with E-state index in [-0.39, 0.29) is 42.5 Å². The smallest absolute Gasteiger partial charge is 0.314 e. The fourth-order valence-corrected chi connectivity index (χ4v) is 5.08. The van der Waals surface area contributed by atoms with Crippen molar-refractivity contribution < 1.29 is 23.9 Å². The van der Waals surface area contributed by atoms with E-state index < -0.39 is 22.7 Å². The first-order valence-electron chi connectivity index (χ1n) is 9.75. The molecule has 5 heteroatoms. The highest BCUT2D eigenvalue weighted by atomic mass is 16.5. The number of carbonyl (C=O) groups excluding carboxylic acids is 4. The summed E-state index contributed by atoms with van der Waals surface area (Å²) in [4.78, 5) is 51.7. The number of hydrogen-bond acceptors (Lipinski definition) is 5. The maximum atomic E-state index is 13.3. The number of methoxy groups -OCH3 is 1. The third-order valence-corrected chi connectivity index (χ3v) is 6.35. The average Bonchev–Trinajstić information content (AvgIpc) is 2.76. The van der Waals surface area contributed by atoms with E-state index >= 15 is 0 Å². The van der Waals surface area contributed by atoms with Gasteiger partial charge < -0.3 is 4.74 Å². The number of carbonyl (C=O) groups is 4. The highest BCUT2D eigenvalue weighted by Crippen LogP contribution is 2.53. The number of fused-ring (bicyclic) bond motifs is 1. The van der Waals surface area contributed by atoms with Crippen molar-refractivity contribution in [2.75, 3.05) is 7.11 Å². The maximum Gasteiger partial charge on any atom is 0.314 e. The van der Waals surface area contributed by atoms with E-state index in [2.05, 4.69) is 0 Å². The SMILES string of the molecule is CCCC1=C2C=CC(C(=O)OC)C3(CC2CC1=O)C(=O)CC(C)(C)CC3=O. The van der Waals surface area contributed by atoms with Gasteiger partial charge in [-0.05, 0) is 35.3 Å². The van der Waals surface area contributed by atoms with E-state index in [0.29, 0.717) is 12.8 Å². The van der Waals surface area contributed by atoms with Crippen molar-refractivity contribution in [3.8, 4) is 0 Å². The number of hydrogen-bond donors (Lipinski definition) is 0. The van der Waals surface area contributed by atoms with Gasteiger partial charge in [-0.1, -0.05) is 39.3 Å². The maximum absolute atomic E-state index is 13.3. The van der Waals surface area contributed by atoms with Gasteiger partial charge in [-0.3, -0.25) is 19.2 Å². The Balaban J connectivity index is 2.13. The van der Waals surface area contributed by atoms with Crippen molar-refractivity contribution in [3.05, 3.63) is 23.3 Å². The summed E-state index contributed by atoms with van der Waals surface area (Å²) >= 11 is 0. The summed E-state index contributed by atoms with van der Waals surface area (Å²) in [6.07, 6.45) is 6.02. The molecule has 0 aromatic carbocycles. The Bertz CT molecular complexity index is 748. The molecule has 3 aliphatic rings. The lowest BCUT2D eigenvalue weighted by Crippen LogP contribution is -2.54. The summed E-state index contributed by atoms with van der Waals surface area (Å²) in [5, 5.41) is 0. The molecule has 2 unspecified atom stereocenters. The Morgan fingerprint density at radius 2 is 1.81 bits per heavy atom. The van der Waals surface area contributed by atoms with Crippen molar-refractivity contribution in [3.63, 3.8) is 0 Å². The molecule has 0 bridgehead atoms. The summed E-state index contributed by atoms with van der Waals surface area (Å²) in [7, 11) is 1.28. The molecule has 27 heavy (non-hydrogen) atoms. The molecule has 0 amide bonds. The number of esters is 1. The van der Waals surface area contributed by atoms with E-state index in [1.54, 1.807) is 12.2 Å². The summed E-state index contributed by atoms with van der Waals surface area (Å²) in [6, 6.07) is 0. The Hall–Kier alpha value is -2.04. The van der Waals surface area contributed by atoms with Crippen molar-refractivity contribution >= 4 is 23.3 Å². The Morgan fingerprint density at radius 3 is 2.37 bits per heavy atom. The van der Waals surface area contributed by atoms with Crippen LogP contribution in [0, 0.1) is 22.7 Å². The molecular formula is C22H28O5. The molecule has 2 atom stereocenters. The summed E-state index contributed by atoms with van der Waals surface area (Å²) in [5.74, 6) is -1.95. The van der Waals surface area contributed by atoms with Crippen LogP contribution in [-0.4, -0.2) is 30.4 Å². The minimum atomic E-state index is -1.41.